The lowest BCUT2D eigenvalue weighted by molar-refractivity contribution is -0.153. The van der Waals surface area contributed by atoms with Crippen molar-refractivity contribution < 1.29 is 14.3 Å². The molecule has 2 atom stereocenters. The van der Waals surface area contributed by atoms with E-state index in [9.17, 15) is 9.59 Å². The minimum atomic E-state index is -0.388. The van der Waals surface area contributed by atoms with Crippen LogP contribution in [0.1, 0.15) is 11.1 Å². The summed E-state index contributed by atoms with van der Waals surface area (Å²) in [4.78, 5) is 22.9. The van der Waals surface area contributed by atoms with Crippen molar-refractivity contribution in [1.29, 1.82) is 0 Å². The van der Waals surface area contributed by atoms with Gasteiger partial charge in [0.05, 0.1) is 11.8 Å². The van der Waals surface area contributed by atoms with Gasteiger partial charge in [-0.25, -0.2) is 0 Å². The number of carbonyl (C=O) groups excluding carboxylic acids is 2. The van der Waals surface area contributed by atoms with Crippen molar-refractivity contribution in [3.8, 4) is 0 Å². The molecular weight excluding hydrogens is 228 g/mol. The molecule has 0 N–H and O–H groups in total. The summed E-state index contributed by atoms with van der Waals surface area (Å²) in [6, 6.07) is 5.59. The average Bonchev–Trinajstić information content (AvgIpc) is 2.52. The van der Waals surface area contributed by atoms with Crippen molar-refractivity contribution in [3.05, 3.63) is 34.3 Å². The molecular formula is C12H9ClO3. The van der Waals surface area contributed by atoms with E-state index >= 15 is 0 Å². The van der Waals surface area contributed by atoms with Crippen molar-refractivity contribution in [2.24, 2.45) is 11.8 Å². The largest absolute Gasteiger partial charge is 0.393 e. The highest BCUT2D eigenvalue weighted by Gasteiger charge is 2.46. The van der Waals surface area contributed by atoms with Crippen LogP contribution in [0.5, 0.6) is 0 Å². The maximum Gasteiger partial charge on any atom is 0.317 e. The molecule has 1 saturated heterocycles. The van der Waals surface area contributed by atoms with Crippen molar-refractivity contribution in [2.45, 2.75) is 12.8 Å². The zero-order valence-corrected chi connectivity index (χ0v) is 9.16. The van der Waals surface area contributed by atoms with Crippen LogP contribution >= 0.6 is 11.6 Å². The van der Waals surface area contributed by atoms with E-state index in [4.69, 9.17) is 11.6 Å². The van der Waals surface area contributed by atoms with Gasteiger partial charge in [-0.15, -0.1) is 0 Å². The zero-order valence-electron chi connectivity index (χ0n) is 8.40. The standard InChI is InChI=1S/C12H9ClO3/c13-8-2-1-6-4-9-10(5-7(6)3-8)12(15)16-11(9)14/h1-3,9-10H,4-5H2/t9-,10+/m1/s1. The van der Waals surface area contributed by atoms with E-state index in [-0.39, 0.29) is 23.8 Å². The van der Waals surface area contributed by atoms with Crippen molar-refractivity contribution in [2.75, 3.05) is 0 Å². The number of carbonyl (C=O) groups is 2. The van der Waals surface area contributed by atoms with Gasteiger partial charge in [-0.1, -0.05) is 17.7 Å². The molecule has 16 heavy (non-hydrogen) atoms. The van der Waals surface area contributed by atoms with Crippen LogP contribution in [0, 0.1) is 11.8 Å². The molecule has 1 aliphatic heterocycles. The molecule has 3 nitrogen and oxygen atoms in total. The molecule has 0 spiro atoms. The van der Waals surface area contributed by atoms with Gasteiger partial charge in [0.2, 0.25) is 0 Å². The second-order valence-electron chi connectivity index (χ2n) is 4.27. The summed E-state index contributed by atoms with van der Waals surface area (Å²) in [5.41, 5.74) is 2.15. The van der Waals surface area contributed by atoms with Crippen LogP contribution in [-0.4, -0.2) is 11.9 Å². The fourth-order valence-electron chi connectivity index (χ4n) is 2.49. The lowest BCUT2D eigenvalue weighted by atomic mass is 9.77. The van der Waals surface area contributed by atoms with Gasteiger partial charge in [-0.3, -0.25) is 9.59 Å². The predicted molar refractivity (Wildman–Crippen MR) is 56.9 cm³/mol. The quantitative estimate of drug-likeness (QED) is 0.509. The molecule has 1 aliphatic carbocycles. The van der Waals surface area contributed by atoms with E-state index in [1.54, 1.807) is 0 Å². The van der Waals surface area contributed by atoms with Crippen molar-refractivity contribution in [3.63, 3.8) is 0 Å². The van der Waals surface area contributed by atoms with E-state index in [1.807, 2.05) is 18.2 Å². The van der Waals surface area contributed by atoms with Crippen molar-refractivity contribution in [1.82, 2.24) is 0 Å². The minimum absolute atomic E-state index is 0.291. The Bertz CT molecular complexity index is 495. The fourth-order valence-corrected chi connectivity index (χ4v) is 2.68. The Kier molecular flexibility index (Phi) is 2.04. The Morgan fingerprint density at radius 1 is 1.06 bits per heavy atom. The Hall–Kier alpha value is -1.35. The van der Waals surface area contributed by atoms with Gasteiger partial charge in [0.25, 0.3) is 0 Å². The summed E-state index contributed by atoms with van der Waals surface area (Å²) in [6.45, 7) is 0. The smallest absolute Gasteiger partial charge is 0.317 e. The topological polar surface area (TPSA) is 43.4 Å². The molecule has 0 aromatic heterocycles. The summed E-state index contributed by atoms with van der Waals surface area (Å²) in [5, 5.41) is 0.662. The Balaban J connectivity index is 2.03. The van der Waals surface area contributed by atoms with E-state index in [2.05, 4.69) is 4.74 Å². The van der Waals surface area contributed by atoms with Crippen LogP contribution < -0.4 is 0 Å². The molecule has 1 heterocycles. The molecule has 0 saturated carbocycles. The van der Waals surface area contributed by atoms with Crippen LogP contribution in [0.3, 0.4) is 0 Å². The predicted octanol–water partition coefficient (Wildman–Crippen LogP) is 1.75. The van der Waals surface area contributed by atoms with Gasteiger partial charge < -0.3 is 4.74 Å². The fraction of sp³-hybridized carbons (Fsp3) is 0.333. The molecule has 1 fully saturated rings. The Morgan fingerprint density at radius 3 is 2.38 bits per heavy atom. The molecule has 4 heteroatoms. The van der Waals surface area contributed by atoms with Crippen LogP contribution in [0.15, 0.2) is 18.2 Å². The van der Waals surface area contributed by atoms with Crippen molar-refractivity contribution >= 4 is 23.5 Å². The Labute approximate surface area is 97.3 Å². The molecule has 82 valence electrons. The summed E-state index contributed by atoms with van der Waals surface area (Å²) in [6.07, 6.45) is 1.15. The van der Waals surface area contributed by atoms with Gasteiger partial charge in [0.1, 0.15) is 0 Å². The van der Waals surface area contributed by atoms with Gasteiger partial charge >= 0.3 is 11.9 Å². The summed E-state index contributed by atoms with van der Waals surface area (Å²) in [5.74, 6) is -1.36. The number of hydrogen-bond acceptors (Lipinski definition) is 3. The highest BCUT2D eigenvalue weighted by Crippen LogP contribution is 2.36. The van der Waals surface area contributed by atoms with Crippen LogP contribution in [0.2, 0.25) is 5.02 Å². The van der Waals surface area contributed by atoms with Gasteiger partial charge in [-0.05, 0) is 36.1 Å². The first-order valence-corrected chi connectivity index (χ1v) is 5.56. The number of fused-ring (bicyclic) bond motifs is 2. The SMILES string of the molecule is O=C1OC(=O)[C@@H]2Cc3ccc(Cl)cc3C[C@H]12. The highest BCUT2D eigenvalue weighted by atomic mass is 35.5. The van der Waals surface area contributed by atoms with Gasteiger partial charge in [-0.2, -0.15) is 0 Å². The summed E-state index contributed by atoms with van der Waals surface area (Å²) in [7, 11) is 0. The second-order valence-corrected chi connectivity index (χ2v) is 4.71. The maximum atomic E-state index is 11.4. The normalized spacial score (nSPS) is 27.3. The molecule has 3 rings (SSSR count). The number of benzene rings is 1. The van der Waals surface area contributed by atoms with Gasteiger partial charge in [0.15, 0.2) is 0 Å². The number of ether oxygens (including phenoxy) is 1. The van der Waals surface area contributed by atoms with E-state index in [1.165, 1.54) is 0 Å². The minimum Gasteiger partial charge on any atom is -0.393 e. The number of rotatable bonds is 0. The molecule has 0 bridgehead atoms. The average molecular weight is 237 g/mol. The third-order valence-electron chi connectivity index (χ3n) is 3.34. The molecule has 0 amide bonds. The molecule has 0 radical (unpaired) electrons. The summed E-state index contributed by atoms with van der Waals surface area (Å²) < 4.78 is 4.66. The first-order chi connectivity index (χ1) is 7.65. The van der Waals surface area contributed by atoms with E-state index in [0.29, 0.717) is 17.9 Å². The second kappa shape index (κ2) is 3.32. The van der Waals surface area contributed by atoms with Crippen LogP contribution in [0.4, 0.5) is 0 Å². The van der Waals surface area contributed by atoms with Gasteiger partial charge in [0, 0.05) is 5.02 Å². The van der Waals surface area contributed by atoms with E-state index < -0.39 is 0 Å². The Morgan fingerprint density at radius 2 is 1.69 bits per heavy atom. The maximum absolute atomic E-state index is 11.4. The molecule has 2 aliphatic rings. The first-order valence-electron chi connectivity index (χ1n) is 5.18. The third-order valence-corrected chi connectivity index (χ3v) is 3.58. The van der Waals surface area contributed by atoms with Crippen LogP contribution in [-0.2, 0) is 27.2 Å². The molecule has 0 unspecified atom stereocenters. The number of cyclic esters (lactones) is 2. The third kappa shape index (κ3) is 1.35. The first kappa shape index (κ1) is 9.85. The van der Waals surface area contributed by atoms with E-state index in [0.717, 1.165) is 11.1 Å². The summed E-state index contributed by atoms with van der Waals surface area (Å²) >= 11 is 5.90. The zero-order chi connectivity index (χ0) is 11.3. The highest BCUT2D eigenvalue weighted by molar-refractivity contribution is 6.30. The molecule has 1 aromatic carbocycles. The lowest BCUT2D eigenvalue weighted by Gasteiger charge is -2.22. The van der Waals surface area contributed by atoms with Crippen LogP contribution in [0.25, 0.3) is 0 Å². The number of hydrogen-bond donors (Lipinski definition) is 0. The monoisotopic (exact) mass is 236 g/mol. The number of esters is 2. The lowest BCUT2D eigenvalue weighted by Crippen LogP contribution is -2.27. The number of halogens is 1. The molecule has 1 aromatic rings.